The van der Waals surface area contributed by atoms with E-state index in [0.29, 0.717) is 0 Å². The maximum atomic E-state index is 3.22. The molecular weight excluding hydrogens is 334 g/mol. The fourth-order valence-electron chi connectivity index (χ4n) is 2.40. The Balaban J connectivity index is 1.83. The van der Waals surface area contributed by atoms with Crippen LogP contribution < -0.4 is 0 Å². The lowest BCUT2D eigenvalue weighted by molar-refractivity contribution is 0.363. The largest absolute Gasteiger partial charge is 0.298 e. The summed E-state index contributed by atoms with van der Waals surface area (Å²) in [6.45, 7) is 8.23. The lowest BCUT2D eigenvalue weighted by Gasteiger charge is -2.15. The fourth-order valence-corrected chi connectivity index (χ4v) is 3.34. The maximum absolute atomic E-state index is 3.22. The van der Waals surface area contributed by atoms with Gasteiger partial charge in [0.15, 0.2) is 0 Å². The van der Waals surface area contributed by atoms with Gasteiger partial charge in [-0.1, -0.05) is 60.4 Å². The number of hydrogen-bond donors (Lipinski definition) is 0. The van der Waals surface area contributed by atoms with E-state index in [9.17, 15) is 0 Å². The van der Waals surface area contributed by atoms with Crippen molar-refractivity contribution in [3.8, 4) is 11.8 Å². The van der Waals surface area contributed by atoms with Crippen LogP contribution in [0, 0.1) is 17.3 Å². The first-order chi connectivity index (χ1) is 12.4. The first-order valence-corrected chi connectivity index (χ1v) is 10.0. The van der Waals surface area contributed by atoms with Gasteiger partial charge in [-0.3, -0.25) is 4.90 Å². The predicted octanol–water partition coefficient (Wildman–Crippen LogP) is 6.02. The molecule has 0 aliphatic heterocycles. The molecule has 0 N–H and O–H groups in total. The van der Waals surface area contributed by atoms with Crippen molar-refractivity contribution in [1.82, 2.24) is 4.90 Å². The lowest BCUT2D eigenvalue weighted by Crippen LogP contribution is -2.17. The second-order valence-corrected chi connectivity index (χ2v) is 8.59. The van der Waals surface area contributed by atoms with Gasteiger partial charge in [-0.05, 0) is 57.2 Å². The number of thioether (sulfide) groups is 1. The van der Waals surface area contributed by atoms with E-state index in [4.69, 9.17) is 0 Å². The third kappa shape index (κ3) is 8.43. The summed E-state index contributed by atoms with van der Waals surface area (Å²) < 4.78 is 0. The Morgan fingerprint density at radius 3 is 2.46 bits per heavy atom. The van der Waals surface area contributed by atoms with Crippen LogP contribution in [-0.4, -0.2) is 18.5 Å². The first-order valence-electron chi connectivity index (χ1n) is 9.04. The number of likely N-dealkylation sites (N-methyl/N-ethyl adjacent to an activating group) is 1. The third-order valence-corrected chi connectivity index (χ3v) is 4.73. The van der Waals surface area contributed by atoms with Crippen LogP contribution in [0.5, 0.6) is 0 Å². The molecule has 2 heteroatoms. The van der Waals surface area contributed by atoms with E-state index < -0.39 is 0 Å². The SMILES string of the molecule is CN(CC=CC#CC(C)(C)C)Cc1cccc(SCc2ccccc2)c1. The molecule has 0 amide bonds. The molecule has 0 fully saturated rings. The highest BCUT2D eigenvalue weighted by molar-refractivity contribution is 7.98. The number of benzene rings is 2. The highest BCUT2D eigenvalue weighted by atomic mass is 32.2. The molecule has 0 heterocycles. The summed E-state index contributed by atoms with van der Waals surface area (Å²) in [5.41, 5.74) is 2.77. The molecule has 0 aliphatic rings. The zero-order valence-electron chi connectivity index (χ0n) is 16.3. The van der Waals surface area contributed by atoms with Gasteiger partial charge in [-0.2, -0.15) is 0 Å². The Morgan fingerprint density at radius 2 is 1.73 bits per heavy atom. The summed E-state index contributed by atoms with van der Waals surface area (Å²) in [6, 6.07) is 19.5. The van der Waals surface area contributed by atoms with Crippen LogP contribution in [0.4, 0.5) is 0 Å². The molecule has 0 radical (unpaired) electrons. The lowest BCUT2D eigenvalue weighted by atomic mass is 9.98. The van der Waals surface area contributed by atoms with Crippen molar-refractivity contribution < 1.29 is 0 Å². The number of allylic oxidation sites excluding steroid dienone is 1. The molecule has 0 atom stereocenters. The van der Waals surface area contributed by atoms with Gasteiger partial charge in [0.05, 0.1) is 0 Å². The molecule has 0 aliphatic carbocycles. The van der Waals surface area contributed by atoms with Crippen molar-refractivity contribution in [3.05, 3.63) is 77.9 Å². The summed E-state index contributed by atoms with van der Waals surface area (Å²) in [5, 5.41) is 0. The van der Waals surface area contributed by atoms with E-state index in [2.05, 4.69) is 105 Å². The Kier molecular flexibility index (Phi) is 8.04. The molecule has 2 aromatic rings. The minimum atomic E-state index is 0.0636. The van der Waals surface area contributed by atoms with Crippen molar-refractivity contribution in [2.24, 2.45) is 5.41 Å². The van der Waals surface area contributed by atoms with Gasteiger partial charge in [0.25, 0.3) is 0 Å². The zero-order chi connectivity index (χ0) is 18.8. The second kappa shape index (κ2) is 10.3. The van der Waals surface area contributed by atoms with Crippen molar-refractivity contribution in [2.45, 2.75) is 38.0 Å². The number of rotatable bonds is 7. The van der Waals surface area contributed by atoms with Crippen LogP contribution in [0.15, 0.2) is 71.6 Å². The van der Waals surface area contributed by atoms with Crippen LogP contribution in [0.3, 0.4) is 0 Å². The van der Waals surface area contributed by atoms with Crippen molar-refractivity contribution in [1.29, 1.82) is 0 Å². The Labute approximate surface area is 163 Å². The predicted molar refractivity (Wildman–Crippen MR) is 115 cm³/mol. The van der Waals surface area contributed by atoms with E-state index in [-0.39, 0.29) is 5.41 Å². The average molecular weight is 364 g/mol. The zero-order valence-corrected chi connectivity index (χ0v) is 17.1. The van der Waals surface area contributed by atoms with Gasteiger partial charge in [-0.15, -0.1) is 11.8 Å². The van der Waals surface area contributed by atoms with Gasteiger partial charge in [0, 0.05) is 29.2 Å². The first kappa shape index (κ1) is 20.4. The van der Waals surface area contributed by atoms with E-state index in [0.717, 1.165) is 18.8 Å². The van der Waals surface area contributed by atoms with E-state index in [1.807, 2.05) is 17.8 Å². The minimum Gasteiger partial charge on any atom is -0.298 e. The smallest absolute Gasteiger partial charge is 0.0234 e. The summed E-state index contributed by atoms with van der Waals surface area (Å²) in [5.74, 6) is 7.36. The van der Waals surface area contributed by atoms with Crippen LogP contribution in [0.25, 0.3) is 0 Å². The van der Waals surface area contributed by atoms with E-state index in [1.165, 1.54) is 16.0 Å². The molecule has 0 aromatic heterocycles. The van der Waals surface area contributed by atoms with E-state index in [1.54, 1.807) is 0 Å². The second-order valence-electron chi connectivity index (χ2n) is 7.54. The van der Waals surface area contributed by atoms with Crippen molar-refractivity contribution >= 4 is 11.8 Å². The summed E-state index contributed by atoms with van der Waals surface area (Å²) >= 11 is 1.89. The van der Waals surface area contributed by atoms with Crippen LogP contribution in [0.2, 0.25) is 0 Å². The molecule has 0 spiro atoms. The normalized spacial score (nSPS) is 11.6. The molecule has 1 nitrogen and oxygen atoms in total. The highest BCUT2D eigenvalue weighted by Crippen LogP contribution is 2.23. The molecule has 2 aromatic carbocycles. The van der Waals surface area contributed by atoms with Crippen molar-refractivity contribution in [2.75, 3.05) is 13.6 Å². The molecule has 0 saturated carbocycles. The van der Waals surface area contributed by atoms with Crippen molar-refractivity contribution in [3.63, 3.8) is 0 Å². The summed E-state index contributed by atoms with van der Waals surface area (Å²) in [6.07, 6.45) is 4.10. The molecule has 26 heavy (non-hydrogen) atoms. The quantitative estimate of drug-likeness (QED) is 0.437. The standard InChI is InChI=1S/C24H29NS/c1-24(2,3)16-9-6-10-17-25(4)19-22-14-11-15-23(18-22)26-20-21-12-7-5-8-13-21/h5-8,10-15,18H,17,19-20H2,1-4H3. The average Bonchev–Trinajstić information content (AvgIpc) is 2.60. The molecule has 0 unspecified atom stereocenters. The van der Waals surface area contributed by atoms with Gasteiger partial charge in [0.1, 0.15) is 0 Å². The monoisotopic (exact) mass is 363 g/mol. The Bertz CT molecular complexity index is 760. The third-order valence-electron chi connectivity index (χ3n) is 3.66. The summed E-state index contributed by atoms with van der Waals surface area (Å²) in [4.78, 5) is 3.63. The van der Waals surface area contributed by atoms with Crippen LogP contribution >= 0.6 is 11.8 Å². The van der Waals surface area contributed by atoms with E-state index >= 15 is 0 Å². The number of hydrogen-bond acceptors (Lipinski definition) is 2. The maximum Gasteiger partial charge on any atom is 0.0234 e. The van der Waals surface area contributed by atoms with Gasteiger partial charge in [0.2, 0.25) is 0 Å². The van der Waals surface area contributed by atoms with Gasteiger partial charge in [-0.25, -0.2) is 0 Å². The molecule has 136 valence electrons. The van der Waals surface area contributed by atoms with Gasteiger partial charge < -0.3 is 0 Å². The number of nitrogens with zero attached hydrogens (tertiary/aromatic N) is 1. The molecule has 0 bridgehead atoms. The molecule has 0 saturated heterocycles. The molecule has 2 rings (SSSR count). The fraction of sp³-hybridized carbons (Fsp3) is 0.333. The Morgan fingerprint density at radius 1 is 1.00 bits per heavy atom. The minimum absolute atomic E-state index is 0.0636. The van der Waals surface area contributed by atoms with Crippen LogP contribution in [-0.2, 0) is 12.3 Å². The van der Waals surface area contributed by atoms with Crippen LogP contribution in [0.1, 0.15) is 31.9 Å². The Hall–Kier alpha value is -1.95. The van der Waals surface area contributed by atoms with Gasteiger partial charge >= 0.3 is 0 Å². The topological polar surface area (TPSA) is 3.24 Å². The molecular formula is C24H29NS. The summed E-state index contributed by atoms with van der Waals surface area (Å²) in [7, 11) is 2.14. The highest BCUT2D eigenvalue weighted by Gasteiger charge is 2.03.